The molecule has 3 heteroatoms. The fourth-order valence-electron chi connectivity index (χ4n) is 3.34. The first-order valence-corrected chi connectivity index (χ1v) is 11.1. The molecule has 1 N–H and O–H groups in total. The minimum atomic E-state index is -0.619. The van der Waals surface area contributed by atoms with Crippen LogP contribution in [0.1, 0.15) is 110 Å². The molecule has 0 saturated carbocycles. The quantitative estimate of drug-likeness (QED) is 0.202. The zero-order valence-electron chi connectivity index (χ0n) is 16.3. The molecule has 0 fully saturated rings. The molecule has 0 rings (SSSR count). The van der Waals surface area contributed by atoms with E-state index in [-0.39, 0.29) is 11.8 Å². The first kappa shape index (κ1) is 23.8. The summed E-state index contributed by atoms with van der Waals surface area (Å²) in [6, 6.07) is 0. The zero-order valence-corrected chi connectivity index (χ0v) is 17.2. The largest absolute Gasteiger partial charge is 0.481 e. The lowest BCUT2D eigenvalue weighted by Crippen LogP contribution is -2.19. The Labute approximate surface area is 156 Å². The van der Waals surface area contributed by atoms with E-state index in [1.165, 1.54) is 83.5 Å². The van der Waals surface area contributed by atoms with Crippen molar-refractivity contribution in [1.29, 1.82) is 0 Å². The summed E-state index contributed by atoms with van der Waals surface area (Å²) in [6.07, 6.45) is 19.5. The van der Waals surface area contributed by atoms with Gasteiger partial charge in [-0.05, 0) is 24.5 Å². The van der Waals surface area contributed by atoms with Crippen molar-refractivity contribution in [3.63, 3.8) is 0 Å². The average molecular weight is 359 g/mol. The standard InChI is InChI=1S/C21H42O2S/c1-19(2)20(21(22)23)17-15-13-11-9-7-5-3-4-6-8-10-12-14-16-18-24/h19-20,24H,3-18H2,1-2H3,(H,22,23). The predicted molar refractivity (Wildman–Crippen MR) is 109 cm³/mol. The van der Waals surface area contributed by atoms with Crippen molar-refractivity contribution in [1.82, 2.24) is 0 Å². The van der Waals surface area contributed by atoms with E-state index in [4.69, 9.17) is 5.11 Å². The Bertz CT molecular complexity index is 279. The fourth-order valence-corrected chi connectivity index (χ4v) is 3.56. The van der Waals surface area contributed by atoms with Crippen LogP contribution in [0.5, 0.6) is 0 Å². The number of carboxylic acids is 1. The van der Waals surface area contributed by atoms with Gasteiger partial charge in [0.05, 0.1) is 5.92 Å². The Morgan fingerprint density at radius 2 is 1.04 bits per heavy atom. The highest BCUT2D eigenvalue weighted by atomic mass is 32.1. The third kappa shape index (κ3) is 15.4. The lowest BCUT2D eigenvalue weighted by Gasteiger charge is -2.15. The summed E-state index contributed by atoms with van der Waals surface area (Å²) in [5, 5.41) is 9.16. The van der Waals surface area contributed by atoms with Crippen LogP contribution in [0.2, 0.25) is 0 Å². The van der Waals surface area contributed by atoms with E-state index in [0.29, 0.717) is 0 Å². The van der Waals surface area contributed by atoms with Crippen LogP contribution in [0.15, 0.2) is 0 Å². The second kappa shape index (κ2) is 17.6. The van der Waals surface area contributed by atoms with Gasteiger partial charge in [0.1, 0.15) is 0 Å². The summed E-state index contributed by atoms with van der Waals surface area (Å²) in [7, 11) is 0. The van der Waals surface area contributed by atoms with Crippen LogP contribution in [0.4, 0.5) is 0 Å². The summed E-state index contributed by atoms with van der Waals surface area (Å²) >= 11 is 4.24. The second-order valence-corrected chi connectivity index (χ2v) is 8.10. The first-order valence-electron chi connectivity index (χ1n) is 10.4. The third-order valence-corrected chi connectivity index (χ3v) is 5.36. The average Bonchev–Trinajstić information content (AvgIpc) is 2.53. The Kier molecular flexibility index (Phi) is 17.5. The van der Waals surface area contributed by atoms with Crippen LogP contribution in [-0.2, 0) is 4.79 Å². The number of thiol groups is 1. The summed E-state index contributed by atoms with van der Waals surface area (Å²) < 4.78 is 0. The number of aliphatic carboxylic acids is 1. The lowest BCUT2D eigenvalue weighted by atomic mass is 9.90. The molecule has 0 spiro atoms. The Balaban J connectivity index is 3.21. The molecule has 0 bridgehead atoms. The molecule has 144 valence electrons. The number of unbranched alkanes of at least 4 members (excludes halogenated alkanes) is 13. The molecule has 1 atom stereocenters. The van der Waals surface area contributed by atoms with E-state index < -0.39 is 5.97 Å². The van der Waals surface area contributed by atoms with Crippen molar-refractivity contribution in [3.8, 4) is 0 Å². The summed E-state index contributed by atoms with van der Waals surface area (Å²) in [6.45, 7) is 4.03. The Hall–Kier alpha value is -0.180. The minimum Gasteiger partial charge on any atom is -0.481 e. The maximum Gasteiger partial charge on any atom is 0.306 e. The molecule has 0 aromatic carbocycles. The van der Waals surface area contributed by atoms with Crippen LogP contribution in [-0.4, -0.2) is 16.8 Å². The van der Waals surface area contributed by atoms with Gasteiger partial charge in [-0.25, -0.2) is 0 Å². The van der Waals surface area contributed by atoms with E-state index in [1.807, 2.05) is 13.8 Å². The molecule has 0 amide bonds. The Morgan fingerprint density at radius 3 is 1.33 bits per heavy atom. The number of carboxylic acid groups (broad SMARTS) is 1. The third-order valence-electron chi connectivity index (χ3n) is 5.05. The fraction of sp³-hybridized carbons (Fsp3) is 0.952. The topological polar surface area (TPSA) is 37.3 Å². The number of rotatable bonds is 18. The van der Waals surface area contributed by atoms with Crippen molar-refractivity contribution < 1.29 is 9.90 Å². The zero-order chi connectivity index (χ0) is 18.0. The van der Waals surface area contributed by atoms with Crippen molar-refractivity contribution >= 4 is 18.6 Å². The molecule has 1 unspecified atom stereocenters. The number of hydrogen-bond acceptors (Lipinski definition) is 2. The van der Waals surface area contributed by atoms with E-state index in [0.717, 1.165) is 18.6 Å². The summed E-state index contributed by atoms with van der Waals surface area (Å²) in [4.78, 5) is 11.1. The highest BCUT2D eigenvalue weighted by Crippen LogP contribution is 2.20. The van der Waals surface area contributed by atoms with Crippen molar-refractivity contribution in [2.24, 2.45) is 11.8 Å². The van der Waals surface area contributed by atoms with Crippen LogP contribution in [0, 0.1) is 11.8 Å². The van der Waals surface area contributed by atoms with Gasteiger partial charge in [-0.15, -0.1) is 0 Å². The molecule has 0 aromatic rings. The Morgan fingerprint density at radius 1 is 0.708 bits per heavy atom. The van der Waals surface area contributed by atoms with Gasteiger partial charge in [0, 0.05) is 0 Å². The summed E-state index contributed by atoms with van der Waals surface area (Å²) in [5.41, 5.74) is 0. The smallest absolute Gasteiger partial charge is 0.306 e. The molecule has 0 saturated heterocycles. The maximum absolute atomic E-state index is 11.1. The molecular formula is C21H42O2S. The molecule has 24 heavy (non-hydrogen) atoms. The van der Waals surface area contributed by atoms with Gasteiger partial charge >= 0.3 is 5.97 Å². The van der Waals surface area contributed by atoms with E-state index in [9.17, 15) is 4.79 Å². The van der Waals surface area contributed by atoms with Crippen molar-refractivity contribution in [3.05, 3.63) is 0 Å². The molecule has 0 aliphatic heterocycles. The second-order valence-electron chi connectivity index (χ2n) is 7.65. The predicted octanol–water partition coefficient (Wildman–Crippen LogP) is 7.12. The molecule has 0 heterocycles. The minimum absolute atomic E-state index is 0.150. The molecular weight excluding hydrogens is 316 g/mol. The van der Waals surface area contributed by atoms with Gasteiger partial charge in [-0.1, -0.05) is 97.3 Å². The first-order chi connectivity index (χ1) is 11.6. The van der Waals surface area contributed by atoms with Crippen LogP contribution < -0.4 is 0 Å². The van der Waals surface area contributed by atoms with Gasteiger partial charge in [-0.3, -0.25) is 4.79 Å². The van der Waals surface area contributed by atoms with E-state index in [2.05, 4.69) is 12.6 Å². The molecule has 2 nitrogen and oxygen atoms in total. The number of hydrogen-bond donors (Lipinski definition) is 2. The molecule has 0 aliphatic carbocycles. The highest BCUT2D eigenvalue weighted by molar-refractivity contribution is 7.80. The van der Waals surface area contributed by atoms with Crippen molar-refractivity contribution in [2.75, 3.05) is 5.75 Å². The highest BCUT2D eigenvalue weighted by Gasteiger charge is 2.20. The van der Waals surface area contributed by atoms with Crippen LogP contribution >= 0.6 is 12.6 Å². The van der Waals surface area contributed by atoms with Gasteiger partial charge in [0.2, 0.25) is 0 Å². The summed E-state index contributed by atoms with van der Waals surface area (Å²) in [5.74, 6) is 0.526. The van der Waals surface area contributed by atoms with Gasteiger partial charge in [0.25, 0.3) is 0 Å². The van der Waals surface area contributed by atoms with E-state index >= 15 is 0 Å². The molecule has 0 aromatic heterocycles. The monoisotopic (exact) mass is 358 g/mol. The molecule has 0 radical (unpaired) electrons. The SMILES string of the molecule is CC(C)C(CCCCCCCCCCCCCCCCS)C(=O)O. The maximum atomic E-state index is 11.1. The molecule has 0 aliphatic rings. The van der Waals surface area contributed by atoms with Crippen LogP contribution in [0.25, 0.3) is 0 Å². The van der Waals surface area contributed by atoms with Gasteiger partial charge in [0.15, 0.2) is 0 Å². The lowest BCUT2D eigenvalue weighted by molar-refractivity contribution is -0.143. The normalized spacial score (nSPS) is 12.7. The van der Waals surface area contributed by atoms with E-state index in [1.54, 1.807) is 0 Å². The van der Waals surface area contributed by atoms with Gasteiger partial charge < -0.3 is 5.11 Å². The van der Waals surface area contributed by atoms with Gasteiger partial charge in [-0.2, -0.15) is 12.6 Å². The van der Waals surface area contributed by atoms with Crippen LogP contribution in [0.3, 0.4) is 0 Å². The number of carbonyl (C=O) groups is 1. The van der Waals surface area contributed by atoms with Crippen molar-refractivity contribution in [2.45, 2.75) is 110 Å².